The van der Waals surface area contributed by atoms with Gasteiger partial charge in [-0.15, -0.1) is 11.3 Å². The molecule has 0 aliphatic rings. The largest absolute Gasteiger partial charge is 0.309 e. The molecule has 0 spiro atoms. The summed E-state index contributed by atoms with van der Waals surface area (Å²) in [6, 6.07) is 9.09. The van der Waals surface area contributed by atoms with Crippen molar-refractivity contribution in [2.24, 2.45) is 0 Å². The lowest BCUT2D eigenvalue weighted by Crippen LogP contribution is -2.26. The average Bonchev–Trinajstić information content (AvgIpc) is 2.86. The number of aryl methyl sites for hydroxylation is 1. The minimum absolute atomic E-state index is 0.390. The lowest BCUT2D eigenvalue weighted by atomic mass is 9.93. The molecule has 0 aliphatic carbocycles. The van der Waals surface area contributed by atoms with Crippen LogP contribution in [-0.2, 0) is 0 Å². The van der Waals surface area contributed by atoms with E-state index in [9.17, 15) is 0 Å². The minimum atomic E-state index is 0.390. The number of hydrogen-bond acceptors (Lipinski definition) is 3. The fraction of sp³-hybridized carbons (Fsp3) is 0.438. The number of thiophene rings is 1. The van der Waals surface area contributed by atoms with Crippen molar-refractivity contribution in [3.8, 4) is 0 Å². The van der Waals surface area contributed by atoms with Crippen LogP contribution in [0.15, 0.2) is 36.7 Å². The predicted octanol–water partition coefficient (Wildman–Crippen LogP) is 4.30. The molecule has 0 aromatic carbocycles. The summed E-state index contributed by atoms with van der Waals surface area (Å²) in [6.07, 6.45) is 4.91. The van der Waals surface area contributed by atoms with Crippen molar-refractivity contribution in [1.29, 1.82) is 0 Å². The maximum atomic E-state index is 4.11. The van der Waals surface area contributed by atoms with E-state index in [1.54, 1.807) is 0 Å². The molecule has 2 atom stereocenters. The number of rotatable bonds is 6. The Morgan fingerprint density at radius 3 is 2.53 bits per heavy atom. The molecule has 0 bridgehead atoms. The molecule has 2 unspecified atom stereocenters. The van der Waals surface area contributed by atoms with E-state index >= 15 is 0 Å². The molecule has 0 amide bonds. The van der Waals surface area contributed by atoms with Crippen molar-refractivity contribution in [2.75, 3.05) is 6.54 Å². The van der Waals surface area contributed by atoms with Crippen molar-refractivity contribution < 1.29 is 0 Å². The molecule has 0 saturated carbocycles. The van der Waals surface area contributed by atoms with E-state index in [4.69, 9.17) is 0 Å². The fourth-order valence-electron chi connectivity index (χ4n) is 2.30. The minimum Gasteiger partial charge on any atom is -0.309 e. The Morgan fingerprint density at radius 2 is 1.95 bits per heavy atom. The molecular formula is C16H22N2S. The van der Waals surface area contributed by atoms with Crippen molar-refractivity contribution in [3.05, 3.63) is 52.0 Å². The third kappa shape index (κ3) is 3.64. The fourth-order valence-corrected chi connectivity index (χ4v) is 3.36. The highest BCUT2D eigenvalue weighted by Gasteiger charge is 2.21. The zero-order valence-electron chi connectivity index (χ0n) is 11.9. The van der Waals surface area contributed by atoms with Crippen molar-refractivity contribution >= 4 is 11.3 Å². The highest BCUT2D eigenvalue weighted by molar-refractivity contribution is 7.12. The number of aromatic nitrogens is 1. The van der Waals surface area contributed by atoms with Crippen LogP contribution in [0.4, 0.5) is 0 Å². The van der Waals surface area contributed by atoms with Gasteiger partial charge in [-0.1, -0.05) is 13.8 Å². The molecular weight excluding hydrogens is 252 g/mol. The van der Waals surface area contributed by atoms with E-state index in [-0.39, 0.29) is 0 Å². The lowest BCUT2D eigenvalue weighted by molar-refractivity contribution is 0.472. The average molecular weight is 274 g/mol. The normalized spacial score (nSPS) is 14.3. The van der Waals surface area contributed by atoms with Gasteiger partial charge in [0.1, 0.15) is 0 Å². The van der Waals surface area contributed by atoms with Crippen LogP contribution in [0.1, 0.15) is 47.5 Å². The molecule has 3 heteroatoms. The van der Waals surface area contributed by atoms with Crippen LogP contribution >= 0.6 is 11.3 Å². The van der Waals surface area contributed by atoms with Gasteiger partial charge >= 0.3 is 0 Å². The van der Waals surface area contributed by atoms with Gasteiger partial charge in [0.2, 0.25) is 0 Å². The number of hydrogen-bond donors (Lipinski definition) is 1. The van der Waals surface area contributed by atoms with Crippen molar-refractivity contribution in [1.82, 2.24) is 10.3 Å². The molecule has 2 nitrogen and oxygen atoms in total. The van der Waals surface area contributed by atoms with E-state index in [0.29, 0.717) is 12.0 Å². The summed E-state index contributed by atoms with van der Waals surface area (Å²) in [7, 11) is 0. The second-order valence-corrected chi connectivity index (χ2v) is 6.27. The zero-order chi connectivity index (χ0) is 13.7. The van der Waals surface area contributed by atoms with E-state index < -0.39 is 0 Å². The second kappa shape index (κ2) is 6.83. The summed E-state index contributed by atoms with van der Waals surface area (Å²) < 4.78 is 0. The van der Waals surface area contributed by atoms with Gasteiger partial charge in [0.05, 0.1) is 0 Å². The molecule has 0 fully saturated rings. The SMILES string of the molecule is CCCNC(c1ccc(C)s1)C(C)c1ccncc1. The quantitative estimate of drug-likeness (QED) is 0.849. The van der Waals surface area contributed by atoms with Crippen molar-refractivity contribution in [2.45, 2.75) is 39.2 Å². The van der Waals surface area contributed by atoms with Gasteiger partial charge in [0.15, 0.2) is 0 Å². The first-order valence-electron chi connectivity index (χ1n) is 6.92. The molecule has 102 valence electrons. The Hall–Kier alpha value is -1.19. The third-order valence-corrected chi connectivity index (χ3v) is 4.50. The lowest BCUT2D eigenvalue weighted by Gasteiger charge is -2.24. The van der Waals surface area contributed by atoms with E-state index in [0.717, 1.165) is 13.0 Å². The maximum Gasteiger partial charge on any atom is 0.0481 e. The standard InChI is InChI=1S/C16H22N2S/c1-4-9-18-16(15-6-5-12(2)19-15)13(3)14-7-10-17-11-8-14/h5-8,10-11,13,16,18H,4,9H2,1-3H3. The van der Waals surface area contributed by atoms with Crippen LogP contribution in [-0.4, -0.2) is 11.5 Å². The summed E-state index contributed by atoms with van der Waals surface area (Å²) in [5.41, 5.74) is 1.34. The number of nitrogens with zero attached hydrogens (tertiary/aromatic N) is 1. The molecule has 2 aromatic rings. The molecule has 19 heavy (non-hydrogen) atoms. The summed E-state index contributed by atoms with van der Waals surface area (Å²) in [4.78, 5) is 6.91. The van der Waals surface area contributed by atoms with Crippen LogP contribution in [0.25, 0.3) is 0 Å². The molecule has 2 heterocycles. The van der Waals surface area contributed by atoms with Gasteiger partial charge in [-0.2, -0.15) is 0 Å². The predicted molar refractivity (Wildman–Crippen MR) is 82.7 cm³/mol. The first-order chi connectivity index (χ1) is 9.22. The molecule has 2 aromatic heterocycles. The smallest absolute Gasteiger partial charge is 0.0481 e. The zero-order valence-corrected chi connectivity index (χ0v) is 12.7. The monoisotopic (exact) mass is 274 g/mol. The topological polar surface area (TPSA) is 24.9 Å². The van der Waals surface area contributed by atoms with Crippen molar-refractivity contribution in [3.63, 3.8) is 0 Å². The van der Waals surface area contributed by atoms with Gasteiger partial charge in [-0.25, -0.2) is 0 Å². The van der Waals surface area contributed by atoms with E-state index in [1.165, 1.54) is 15.3 Å². The van der Waals surface area contributed by atoms with Gasteiger partial charge in [-0.3, -0.25) is 4.98 Å². The Kier molecular flexibility index (Phi) is 5.11. The summed E-state index contributed by atoms with van der Waals surface area (Å²) in [5.74, 6) is 0.451. The molecule has 2 rings (SSSR count). The number of pyridine rings is 1. The molecule has 0 saturated heterocycles. The van der Waals surface area contributed by atoms with Crippen LogP contribution < -0.4 is 5.32 Å². The number of nitrogens with one attached hydrogen (secondary N) is 1. The van der Waals surface area contributed by atoms with E-state index in [1.807, 2.05) is 23.7 Å². The van der Waals surface area contributed by atoms with E-state index in [2.05, 4.69) is 55.3 Å². The first-order valence-corrected chi connectivity index (χ1v) is 7.73. The Balaban J connectivity index is 2.22. The molecule has 1 N–H and O–H groups in total. The van der Waals surface area contributed by atoms with Gasteiger partial charge < -0.3 is 5.32 Å². The highest BCUT2D eigenvalue weighted by atomic mass is 32.1. The summed E-state index contributed by atoms with van der Waals surface area (Å²) in [5, 5.41) is 3.69. The third-order valence-electron chi connectivity index (χ3n) is 3.41. The Bertz CT molecular complexity index is 492. The summed E-state index contributed by atoms with van der Waals surface area (Å²) >= 11 is 1.89. The molecule has 0 radical (unpaired) electrons. The van der Waals surface area contributed by atoms with Gasteiger partial charge in [0, 0.05) is 34.1 Å². The van der Waals surface area contributed by atoms with Crippen LogP contribution in [0.2, 0.25) is 0 Å². The first kappa shape index (κ1) is 14.2. The highest BCUT2D eigenvalue weighted by Crippen LogP contribution is 2.34. The Labute approximate surface area is 119 Å². The Morgan fingerprint density at radius 1 is 1.21 bits per heavy atom. The van der Waals surface area contributed by atoms with Gasteiger partial charge in [-0.05, 0) is 49.7 Å². The van der Waals surface area contributed by atoms with Crippen LogP contribution in [0, 0.1) is 6.92 Å². The summed E-state index contributed by atoms with van der Waals surface area (Å²) in [6.45, 7) is 7.72. The molecule has 0 aliphatic heterocycles. The second-order valence-electron chi connectivity index (χ2n) is 4.95. The maximum absolute atomic E-state index is 4.11. The van der Waals surface area contributed by atoms with Crippen LogP contribution in [0.3, 0.4) is 0 Å². The van der Waals surface area contributed by atoms with Gasteiger partial charge in [0.25, 0.3) is 0 Å². The van der Waals surface area contributed by atoms with Crippen LogP contribution in [0.5, 0.6) is 0 Å².